The number of thiophene rings is 1. The molecule has 1 fully saturated rings. The molecule has 0 bridgehead atoms. The van der Waals surface area contributed by atoms with Gasteiger partial charge >= 0.3 is 5.97 Å². The molecule has 0 unspecified atom stereocenters. The summed E-state index contributed by atoms with van der Waals surface area (Å²) in [4.78, 5) is 12.9. The predicted molar refractivity (Wildman–Crippen MR) is 111 cm³/mol. The van der Waals surface area contributed by atoms with E-state index in [2.05, 4.69) is 41.0 Å². The molecular weight excluding hydrogens is 354 g/mol. The van der Waals surface area contributed by atoms with Gasteiger partial charge in [-0.3, -0.25) is 0 Å². The van der Waals surface area contributed by atoms with Crippen molar-refractivity contribution in [3.63, 3.8) is 0 Å². The highest BCUT2D eigenvalue weighted by atomic mass is 32.1. The number of aromatic nitrogens is 1. The van der Waals surface area contributed by atoms with Gasteiger partial charge < -0.3 is 9.30 Å². The molecule has 1 aliphatic carbocycles. The first kappa shape index (κ1) is 16.8. The summed E-state index contributed by atoms with van der Waals surface area (Å²) in [5.74, 6) is 0.345. The van der Waals surface area contributed by atoms with Crippen LogP contribution in [-0.4, -0.2) is 17.6 Å². The number of benzene rings is 1. The molecule has 4 heteroatoms. The maximum Gasteiger partial charge on any atom is 0.348 e. The number of hydrogen-bond donors (Lipinski definition) is 0. The van der Waals surface area contributed by atoms with E-state index in [1.807, 2.05) is 6.07 Å². The lowest BCUT2D eigenvalue weighted by atomic mass is 9.82. The first-order chi connectivity index (χ1) is 13.3. The van der Waals surface area contributed by atoms with Crippen molar-refractivity contribution in [3.8, 4) is 11.3 Å². The molecule has 0 atom stereocenters. The molecule has 0 spiro atoms. The molecule has 1 aromatic carbocycles. The second-order valence-electron chi connectivity index (χ2n) is 7.51. The highest BCUT2D eigenvalue weighted by Crippen LogP contribution is 2.48. The monoisotopic (exact) mass is 377 g/mol. The fourth-order valence-corrected chi connectivity index (χ4v) is 5.95. The average molecular weight is 378 g/mol. The van der Waals surface area contributed by atoms with E-state index in [1.165, 1.54) is 71.8 Å². The molecule has 0 amide bonds. The Kier molecular flexibility index (Phi) is 4.16. The van der Waals surface area contributed by atoms with Gasteiger partial charge in [-0.15, -0.1) is 11.3 Å². The Balaban J connectivity index is 1.81. The van der Waals surface area contributed by atoms with Crippen molar-refractivity contribution in [2.75, 3.05) is 7.11 Å². The second-order valence-corrected chi connectivity index (χ2v) is 8.57. The molecule has 0 saturated heterocycles. The maximum atomic E-state index is 12.2. The normalized spacial score (nSPS) is 16.8. The summed E-state index contributed by atoms with van der Waals surface area (Å²) in [6.45, 7) is 0.838. The van der Waals surface area contributed by atoms with Gasteiger partial charge in [0.15, 0.2) is 0 Å². The van der Waals surface area contributed by atoms with E-state index in [9.17, 15) is 4.79 Å². The van der Waals surface area contributed by atoms with Gasteiger partial charge in [0.1, 0.15) is 4.88 Å². The Hall–Kier alpha value is -2.33. The number of ether oxygens (including phenoxy) is 1. The maximum absolute atomic E-state index is 12.2. The molecule has 3 aromatic rings. The third kappa shape index (κ3) is 2.66. The number of fused-ring (bicyclic) bond motifs is 5. The van der Waals surface area contributed by atoms with Crippen LogP contribution in [0.25, 0.3) is 27.6 Å². The summed E-state index contributed by atoms with van der Waals surface area (Å²) in [6.07, 6.45) is 10.9. The van der Waals surface area contributed by atoms with E-state index in [0.29, 0.717) is 10.8 Å². The smallest absolute Gasteiger partial charge is 0.348 e. The zero-order chi connectivity index (χ0) is 18.4. The summed E-state index contributed by atoms with van der Waals surface area (Å²) in [5, 5.41) is 0. The van der Waals surface area contributed by atoms with E-state index in [1.54, 1.807) is 11.3 Å². The summed E-state index contributed by atoms with van der Waals surface area (Å²) in [5.41, 5.74) is 6.60. The number of carbonyl (C=O) groups is 1. The van der Waals surface area contributed by atoms with E-state index in [0.717, 1.165) is 6.54 Å². The van der Waals surface area contributed by atoms with Crippen LogP contribution in [0.15, 0.2) is 36.4 Å². The zero-order valence-corrected chi connectivity index (χ0v) is 16.3. The van der Waals surface area contributed by atoms with Crippen molar-refractivity contribution in [2.45, 2.75) is 44.6 Å². The van der Waals surface area contributed by atoms with Gasteiger partial charge in [-0.05, 0) is 36.0 Å². The average Bonchev–Trinajstić information content (AvgIpc) is 3.20. The van der Waals surface area contributed by atoms with Crippen molar-refractivity contribution in [2.24, 2.45) is 0 Å². The molecule has 5 rings (SSSR count). The quantitative estimate of drug-likeness (QED) is 0.496. The van der Waals surface area contributed by atoms with Crippen LogP contribution >= 0.6 is 11.3 Å². The van der Waals surface area contributed by atoms with Crippen LogP contribution in [0.5, 0.6) is 0 Å². The number of hydrogen-bond acceptors (Lipinski definition) is 3. The topological polar surface area (TPSA) is 31.2 Å². The minimum Gasteiger partial charge on any atom is -0.465 e. The fraction of sp³-hybridized carbons (Fsp3) is 0.348. The standard InChI is InChI=1S/C23H23NO2S/c1-26-23(25)19-14-18-22(27-19)20(16-9-3-2-4-10-16)21-17-12-6-5-8-15(17)11-7-13-24(18)21/h5-8,11-12,14,16H,2-4,9-10,13H2,1H3. The van der Waals surface area contributed by atoms with Gasteiger partial charge in [0, 0.05) is 12.1 Å². The molecule has 0 radical (unpaired) electrons. The largest absolute Gasteiger partial charge is 0.465 e. The van der Waals surface area contributed by atoms with Gasteiger partial charge in [0.2, 0.25) is 0 Å². The van der Waals surface area contributed by atoms with Gasteiger partial charge in [-0.1, -0.05) is 55.7 Å². The molecule has 2 aliphatic rings. The van der Waals surface area contributed by atoms with Crippen LogP contribution in [0, 0.1) is 0 Å². The first-order valence-electron chi connectivity index (χ1n) is 9.78. The third-order valence-corrected chi connectivity index (χ3v) is 7.11. The van der Waals surface area contributed by atoms with E-state index >= 15 is 0 Å². The molecular formula is C23H23NO2S. The number of allylic oxidation sites excluding steroid dienone is 1. The SMILES string of the molecule is COC(=O)c1cc2c(s1)c(C1CCCCC1)c1n2CC=Cc2ccccc2-1. The lowest BCUT2D eigenvalue weighted by Crippen LogP contribution is -2.07. The molecule has 27 heavy (non-hydrogen) atoms. The highest BCUT2D eigenvalue weighted by Gasteiger charge is 2.29. The summed E-state index contributed by atoms with van der Waals surface area (Å²) in [7, 11) is 1.46. The zero-order valence-electron chi connectivity index (χ0n) is 15.5. The Labute approximate surface area is 163 Å². The lowest BCUT2D eigenvalue weighted by Gasteiger charge is -2.23. The van der Waals surface area contributed by atoms with Gasteiger partial charge in [0.25, 0.3) is 0 Å². The van der Waals surface area contributed by atoms with Gasteiger partial charge in [-0.25, -0.2) is 4.79 Å². The molecule has 1 saturated carbocycles. The summed E-state index contributed by atoms with van der Waals surface area (Å²) >= 11 is 1.61. The van der Waals surface area contributed by atoms with Crippen LogP contribution in [0.1, 0.15) is 58.8 Å². The van der Waals surface area contributed by atoms with Crippen LogP contribution in [0.2, 0.25) is 0 Å². The van der Waals surface area contributed by atoms with Crippen molar-refractivity contribution >= 4 is 33.6 Å². The summed E-state index contributed by atoms with van der Waals surface area (Å²) < 4.78 is 8.68. The number of rotatable bonds is 2. The number of nitrogens with zero attached hydrogens (tertiary/aromatic N) is 1. The number of carbonyl (C=O) groups excluding carboxylic acids is 1. The number of methoxy groups -OCH3 is 1. The first-order valence-corrected chi connectivity index (χ1v) is 10.6. The molecule has 0 N–H and O–H groups in total. The van der Waals surface area contributed by atoms with Crippen molar-refractivity contribution < 1.29 is 9.53 Å². The van der Waals surface area contributed by atoms with E-state index < -0.39 is 0 Å². The molecule has 3 heterocycles. The van der Waals surface area contributed by atoms with Crippen LogP contribution in [-0.2, 0) is 11.3 Å². The van der Waals surface area contributed by atoms with Crippen molar-refractivity contribution in [3.05, 3.63) is 52.4 Å². The minimum atomic E-state index is -0.232. The predicted octanol–water partition coefficient (Wildman–Crippen LogP) is 6.23. The fourth-order valence-electron chi connectivity index (χ4n) is 4.74. The van der Waals surface area contributed by atoms with E-state index in [4.69, 9.17) is 4.74 Å². The Morgan fingerprint density at radius 3 is 2.81 bits per heavy atom. The molecule has 138 valence electrons. The lowest BCUT2D eigenvalue weighted by molar-refractivity contribution is 0.0606. The molecule has 1 aliphatic heterocycles. The number of esters is 1. The van der Waals surface area contributed by atoms with Crippen molar-refractivity contribution in [1.82, 2.24) is 4.57 Å². The Morgan fingerprint density at radius 2 is 2.00 bits per heavy atom. The van der Waals surface area contributed by atoms with Gasteiger partial charge in [0.05, 0.1) is 23.0 Å². The van der Waals surface area contributed by atoms with Crippen LogP contribution in [0.3, 0.4) is 0 Å². The summed E-state index contributed by atoms with van der Waals surface area (Å²) in [6, 6.07) is 10.7. The Bertz CT molecular complexity index is 1050. The Morgan fingerprint density at radius 1 is 1.19 bits per heavy atom. The third-order valence-electron chi connectivity index (χ3n) is 5.97. The minimum absolute atomic E-state index is 0.232. The molecule has 2 aromatic heterocycles. The second kappa shape index (κ2) is 6.68. The highest BCUT2D eigenvalue weighted by molar-refractivity contribution is 7.21. The van der Waals surface area contributed by atoms with Crippen molar-refractivity contribution in [1.29, 1.82) is 0 Å². The molecule has 3 nitrogen and oxygen atoms in total. The van der Waals surface area contributed by atoms with E-state index in [-0.39, 0.29) is 5.97 Å². The van der Waals surface area contributed by atoms with Crippen LogP contribution < -0.4 is 0 Å². The van der Waals surface area contributed by atoms with Crippen LogP contribution in [0.4, 0.5) is 0 Å². The van der Waals surface area contributed by atoms with Gasteiger partial charge in [-0.2, -0.15) is 0 Å².